The molecule has 0 bridgehead atoms. The molecule has 2 aliphatic carbocycles. The molecule has 3 aliphatic rings. The molecule has 0 N–H and O–H groups in total. The Morgan fingerprint density at radius 1 is 0.388 bits per heavy atom. The Bertz CT molecular complexity index is 2680. The van der Waals surface area contributed by atoms with Crippen LogP contribution >= 0.6 is 0 Å². The molecule has 8 aromatic rings. The molecular weight excluding hydrogens is 593 g/mol. The number of benzene rings is 8. The summed E-state index contributed by atoms with van der Waals surface area (Å²) in [5.74, 6) is 1.84. The van der Waals surface area contributed by atoms with Crippen LogP contribution in [0.25, 0.3) is 54.9 Å². The van der Waals surface area contributed by atoms with Crippen LogP contribution in [-0.2, 0) is 10.8 Å². The number of fused-ring (bicyclic) bond motifs is 15. The SMILES string of the molecule is CC1(C)c2cc(-c3ccc4c(c3)C3(c5cc6ccccc6cc5O4)c4ccccc4-c4ccccc43)ccc2-c2c1ccc1ccccc21. The zero-order valence-corrected chi connectivity index (χ0v) is 27.4. The van der Waals surface area contributed by atoms with Gasteiger partial charge in [0.15, 0.2) is 0 Å². The normalized spacial score (nSPS) is 15.2. The number of hydrogen-bond donors (Lipinski definition) is 0. The maximum atomic E-state index is 6.88. The van der Waals surface area contributed by atoms with Gasteiger partial charge in [-0.25, -0.2) is 0 Å². The van der Waals surface area contributed by atoms with E-state index in [4.69, 9.17) is 4.74 Å². The van der Waals surface area contributed by atoms with Crippen molar-refractivity contribution in [2.24, 2.45) is 0 Å². The third-order valence-corrected chi connectivity index (χ3v) is 11.7. The van der Waals surface area contributed by atoms with E-state index in [9.17, 15) is 0 Å². The maximum Gasteiger partial charge on any atom is 0.132 e. The molecule has 1 spiro atoms. The lowest BCUT2D eigenvalue weighted by Gasteiger charge is -2.40. The molecule has 0 saturated carbocycles. The summed E-state index contributed by atoms with van der Waals surface area (Å²) in [6.45, 7) is 4.75. The van der Waals surface area contributed by atoms with E-state index in [1.54, 1.807) is 0 Å². The van der Waals surface area contributed by atoms with Gasteiger partial charge in [0.25, 0.3) is 0 Å². The van der Waals surface area contributed by atoms with Crippen LogP contribution in [0.4, 0.5) is 0 Å². The van der Waals surface area contributed by atoms with Crippen molar-refractivity contribution in [1.82, 2.24) is 0 Å². The number of rotatable bonds is 1. The summed E-state index contributed by atoms with van der Waals surface area (Å²) in [5.41, 5.74) is 14.9. The second-order valence-electron chi connectivity index (χ2n) is 14.4. The predicted molar refractivity (Wildman–Crippen MR) is 202 cm³/mol. The molecule has 0 aromatic heterocycles. The Morgan fingerprint density at radius 2 is 0.980 bits per heavy atom. The predicted octanol–water partition coefficient (Wildman–Crippen LogP) is 12.4. The fraction of sp³-hybridized carbons (Fsp3) is 0.0833. The summed E-state index contributed by atoms with van der Waals surface area (Å²) in [5, 5.41) is 5.03. The summed E-state index contributed by atoms with van der Waals surface area (Å²) < 4.78 is 6.88. The first-order valence-electron chi connectivity index (χ1n) is 17.3. The van der Waals surface area contributed by atoms with Gasteiger partial charge in [0.1, 0.15) is 11.5 Å². The molecule has 8 aromatic carbocycles. The number of hydrogen-bond acceptors (Lipinski definition) is 1. The molecule has 1 nitrogen and oxygen atoms in total. The fourth-order valence-electron chi connectivity index (χ4n) is 9.45. The zero-order valence-electron chi connectivity index (χ0n) is 27.4. The Labute approximate surface area is 286 Å². The summed E-state index contributed by atoms with van der Waals surface area (Å²) in [6.07, 6.45) is 0. The lowest BCUT2D eigenvalue weighted by Crippen LogP contribution is -2.32. The minimum absolute atomic E-state index is 0.105. The van der Waals surface area contributed by atoms with Crippen molar-refractivity contribution in [3.05, 3.63) is 191 Å². The lowest BCUT2D eigenvalue weighted by molar-refractivity contribution is 0.437. The van der Waals surface area contributed by atoms with Crippen molar-refractivity contribution >= 4 is 21.5 Å². The molecule has 0 fully saturated rings. The van der Waals surface area contributed by atoms with E-state index in [0.29, 0.717) is 0 Å². The van der Waals surface area contributed by atoms with Crippen LogP contribution in [0.3, 0.4) is 0 Å². The van der Waals surface area contributed by atoms with E-state index < -0.39 is 5.41 Å². The monoisotopic (exact) mass is 624 g/mol. The van der Waals surface area contributed by atoms with Crippen molar-refractivity contribution in [1.29, 1.82) is 0 Å². The van der Waals surface area contributed by atoms with Crippen molar-refractivity contribution < 1.29 is 4.74 Å². The molecule has 0 saturated heterocycles. The first kappa shape index (κ1) is 27.1. The van der Waals surface area contributed by atoms with Gasteiger partial charge in [-0.05, 0) is 108 Å². The van der Waals surface area contributed by atoms with Gasteiger partial charge < -0.3 is 4.74 Å². The van der Waals surface area contributed by atoms with E-state index in [0.717, 1.165) is 11.5 Å². The maximum absolute atomic E-state index is 6.88. The van der Waals surface area contributed by atoms with Crippen molar-refractivity contribution in [2.45, 2.75) is 24.7 Å². The van der Waals surface area contributed by atoms with Crippen LogP contribution in [0.5, 0.6) is 11.5 Å². The molecule has 1 heteroatoms. The Balaban J connectivity index is 1.17. The Hall–Kier alpha value is -5.92. The minimum atomic E-state index is -0.513. The molecule has 0 unspecified atom stereocenters. The second kappa shape index (κ2) is 9.36. The van der Waals surface area contributed by atoms with Crippen molar-refractivity contribution in [3.8, 4) is 44.9 Å². The Morgan fingerprint density at radius 3 is 1.73 bits per heavy atom. The van der Waals surface area contributed by atoms with E-state index in [-0.39, 0.29) is 5.41 Å². The van der Waals surface area contributed by atoms with Gasteiger partial charge in [0, 0.05) is 16.5 Å². The summed E-state index contributed by atoms with van der Waals surface area (Å²) in [7, 11) is 0. The van der Waals surface area contributed by atoms with E-state index in [1.165, 1.54) is 88.3 Å². The summed E-state index contributed by atoms with van der Waals surface area (Å²) in [4.78, 5) is 0. The highest BCUT2D eigenvalue weighted by Gasteiger charge is 2.51. The molecule has 49 heavy (non-hydrogen) atoms. The topological polar surface area (TPSA) is 9.23 Å². The van der Waals surface area contributed by atoms with Crippen LogP contribution in [0.15, 0.2) is 158 Å². The minimum Gasteiger partial charge on any atom is -0.457 e. The highest BCUT2D eigenvalue weighted by molar-refractivity contribution is 6.03. The van der Waals surface area contributed by atoms with Gasteiger partial charge in [-0.1, -0.05) is 141 Å². The van der Waals surface area contributed by atoms with Gasteiger partial charge in [0.05, 0.1) is 5.41 Å². The average Bonchev–Trinajstić information content (AvgIpc) is 3.57. The first-order valence-corrected chi connectivity index (χ1v) is 17.3. The smallest absolute Gasteiger partial charge is 0.132 e. The standard InChI is InChI=1S/C48H32O/c1-47(2)40-23-20-29-11-5-6-14-34(29)46(40)37-22-19-32(25-41(37)47)33-21-24-44-42(27-33)48(43-26-30-12-3-4-13-31(30)28-45(43)49-44)38-17-9-7-15-35(38)36-16-8-10-18-39(36)48/h3-28H,1-2H3. The van der Waals surface area contributed by atoms with Crippen LogP contribution < -0.4 is 4.74 Å². The molecule has 0 amide bonds. The third kappa shape index (κ3) is 3.40. The van der Waals surface area contributed by atoms with Crippen LogP contribution in [0.1, 0.15) is 47.2 Å². The van der Waals surface area contributed by atoms with Crippen LogP contribution in [-0.4, -0.2) is 0 Å². The second-order valence-corrected chi connectivity index (χ2v) is 14.4. The fourth-order valence-corrected chi connectivity index (χ4v) is 9.45. The van der Waals surface area contributed by atoms with E-state index >= 15 is 0 Å². The third-order valence-electron chi connectivity index (χ3n) is 11.7. The zero-order chi connectivity index (χ0) is 32.5. The van der Waals surface area contributed by atoms with Gasteiger partial charge >= 0.3 is 0 Å². The number of ether oxygens (including phenoxy) is 1. The van der Waals surface area contributed by atoms with E-state index in [2.05, 4.69) is 172 Å². The highest BCUT2D eigenvalue weighted by Crippen LogP contribution is 2.63. The molecule has 11 rings (SSSR count). The molecule has 0 radical (unpaired) electrons. The first-order chi connectivity index (χ1) is 24.0. The van der Waals surface area contributed by atoms with Gasteiger partial charge in [-0.2, -0.15) is 0 Å². The quantitative estimate of drug-likeness (QED) is 0.177. The van der Waals surface area contributed by atoms with Gasteiger partial charge in [0.2, 0.25) is 0 Å². The summed E-state index contributed by atoms with van der Waals surface area (Å²) >= 11 is 0. The average molecular weight is 625 g/mol. The van der Waals surface area contributed by atoms with Crippen molar-refractivity contribution in [3.63, 3.8) is 0 Å². The summed E-state index contributed by atoms with van der Waals surface area (Å²) in [6, 6.07) is 58.6. The highest BCUT2D eigenvalue weighted by atomic mass is 16.5. The van der Waals surface area contributed by atoms with Crippen LogP contribution in [0.2, 0.25) is 0 Å². The largest absolute Gasteiger partial charge is 0.457 e. The molecule has 230 valence electrons. The molecule has 0 atom stereocenters. The van der Waals surface area contributed by atoms with Crippen molar-refractivity contribution in [2.75, 3.05) is 0 Å². The van der Waals surface area contributed by atoms with Gasteiger partial charge in [-0.15, -0.1) is 0 Å². The lowest BCUT2D eigenvalue weighted by atomic mass is 9.65. The van der Waals surface area contributed by atoms with Crippen LogP contribution in [0, 0.1) is 0 Å². The molecular formula is C48H32O. The van der Waals surface area contributed by atoms with Gasteiger partial charge in [-0.3, -0.25) is 0 Å². The van der Waals surface area contributed by atoms with E-state index in [1.807, 2.05) is 0 Å². The Kier molecular flexibility index (Phi) is 5.17. The molecule has 1 heterocycles. The molecule has 1 aliphatic heterocycles.